The van der Waals surface area contributed by atoms with Crippen molar-refractivity contribution in [2.24, 2.45) is 17.8 Å². The second-order valence-corrected chi connectivity index (χ2v) is 6.32. The predicted octanol–water partition coefficient (Wildman–Crippen LogP) is 2.46. The van der Waals surface area contributed by atoms with Crippen molar-refractivity contribution in [2.75, 3.05) is 20.2 Å². The molecular formula is C17H23ClN2O2. The van der Waals surface area contributed by atoms with E-state index in [1.54, 1.807) is 7.11 Å². The Balaban J connectivity index is 0.00000176. The van der Waals surface area contributed by atoms with Crippen LogP contribution in [0.2, 0.25) is 0 Å². The van der Waals surface area contributed by atoms with E-state index in [1.165, 1.54) is 0 Å². The first kappa shape index (κ1) is 17.1. The second-order valence-electron chi connectivity index (χ2n) is 6.32. The third kappa shape index (κ3) is 2.81. The average Bonchev–Trinajstić information content (AvgIpc) is 2.97. The molecule has 1 aromatic carbocycles. The smallest absolute Gasteiger partial charge is 0.124 e. The molecule has 22 heavy (non-hydrogen) atoms. The summed E-state index contributed by atoms with van der Waals surface area (Å²) in [7, 11) is 1.64. The van der Waals surface area contributed by atoms with Gasteiger partial charge in [0.2, 0.25) is 0 Å². The minimum absolute atomic E-state index is 0. The van der Waals surface area contributed by atoms with E-state index in [4.69, 9.17) is 10.00 Å². The minimum Gasteiger partial charge on any atom is -0.496 e. The molecule has 1 aromatic rings. The van der Waals surface area contributed by atoms with Crippen LogP contribution in [0.5, 0.6) is 5.75 Å². The minimum atomic E-state index is -0.902. The fraction of sp³-hybridized carbons (Fsp3) is 0.588. The van der Waals surface area contributed by atoms with E-state index in [9.17, 15) is 5.11 Å². The molecule has 2 fully saturated rings. The molecule has 4 atom stereocenters. The van der Waals surface area contributed by atoms with Crippen LogP contribution in [0, 0.1) is 29.1 Å². The fourth-order valence-electron chi connectivity index (χ4n) is 4.24. The number of fused-ring (bicyclic) bond motifs is 1. The molecule has 1 aliphatic carbocycles. The molecule has 5 heteroatoms. The number of benzene rings is 1. The van der Waals surface area contributed by atoms with Crippen molar-refractivity contribution in [1.82, 2.24) is 5.32 Å². The van der Waals surface area contributed by atoms with Crippen molar-refractivity contribution < 1.29 is 9.84 Å². The monoisotopic (exact) mass is 322 g/mol. The SMILES string of the molecule is COc1ccccc1[C@]1(O)C[C@H](CC#N)C[C@H]2CNC[C@H]21.Cl. The van der Waals surface area contributed by atoms with Gasteiger partial charge in [-0.25, -0.2) is 0 Å². The number of methoxy groups -OCH3 is 1. The average molecular weight is 323 g/mol. The molecule has 0 bridgehead atoms. The first-order valence-corrected chi connectivity index (χ1v) is 7.62. The third-order valence-electron chi connectivity index (χ3n) is 5.14. The topological polar surface area (TPSA) is 65.3 Å². The largest absolute Gasteiger partial charge is 0.496 e. The number of halogens is 1. The number of ether oxygens (including phenoxy) is 1. The molecule has 0 unspecified atom stereocenters. The standard InChI is InChI=1S/C17H22N2O2.ClH/c1-21-16-5-3-2-4-14(16)17(20)9-12(6-7-18)8-13-10-19-11-15(13)17;/h2-5,12-13,15,19-20H,6,8-11H2,1H3;1H/t12-,13+,15-,17-;/m1./s1. The second kappa shape index (κ2) is 6.87. The maximum atomic E-state index is 11.5. The van der Waals surface area contributed by atoms with E-state index in [0.717, 1.165) is 30.8 Å². The number of nitrogens with zero attached hydrogens (tertiary/aromatic N) is 1. The van der Waals surface area contributed by atoms with Gasteiger partial charge in [-0.15, -0.1) is 12.4 Å². The molecule has 1 aliphatic heterocycles. The Kier molecular flexibility index (Phi) is 5.33. The van der Waals surface area contributed by atoms with E-state index in [0.29, 0.717) is 18.8 Å². The summed E-state index contributed by atoms with van der Waals surface area (Å²) < 4.78 is 5.46. The highest BCUT2D eigenvalue weighted by Gasteiger charge is 2.51. The van der Waals surface area contributed by atoms with Gasteiger partial charge in [0.1, 0.15) is 5.75 Å². The van der Waals surface area contributed by atoms with Crippen LogP contribution < -0.4 is 10.1 Å². The van der Waals surface area contributed by atoms with Gasteiger partial charge < -0.3 is 15.2 Å². The lowest BCUT2D eigenvalue weighted by Crippen LogP contribution is -2.45. The maximum Gasteiger partial charge on any atom is 0.124 e. The van der Waals surface area contributed by atoms with Crippen LogP contribution in [0.15, 0.2) is 24.3 Å². The van der Waals surface area contributed by atoms with Gasteiger partial charge in [0.05, 0.1) is 18.8 Å². The normalized spacial score (nSPS) is 33.4. The number of rotatable bonds is 3. The van der Waals surface area contributed by atoms with E-state index >= 15 is 0 Å². The van der Waals surface area contributed by atoms with Crippen molar-refractivity contribution in [2.45, 2.75) is 24.9 Å². The summed E-state index contributed by atoms with van der Waals surface area (Å²) in [4.78, 5) is 0. The van der Waals surface area contributed by atoms with Crippen molar-refractivity contribution >= 4 is 12.4 Å². The maximum absolute atomic E-state index is 11.5. The van der Waals surface area contributed by atoms with Crippen LogP contribution in [-0.4, -0.2) is 25.3 Å². The summed E-state index contributed by atoms with van der Waals surface area (Å²) >= 11 is 0. The molecule has 0 amide bonds. The zero-order chi connectivity index (χ0) is 14.9. The Morgan fingerprint density at radius 3 is 2.91 bits per heavy atom. The summed E-state index contributed by atoms with van der Waals surface area (Å²) in [6, 6.07) is 10.0. The van der Waals surface area contributed by atoms with Gasteiger partial charge in [0.25, 0.3) is 0 Å². The van der Waals surface area contributed by atoms with Crippen molar-refractivity contribution in [3.05, 3.63) is 29.8 Å². The van der Waals surface area contributed by atoms with Gasteiger partial charge in [-0.2, -0.15) is 5.26 Å². The highest BCUT2D eigenvalue weighted by Crippen LogP contribution is 2.51. The number of nitriles is 1. The van der Waals surface area contributed by atoms with E-state index in [1.807, 2.05) is 24.3 Å². The Morgan fingerprint density at radius 1 is 1.41 bits per heavy atom. The molecule has 0 radical (unpaired) electrons. The van der Waals surface area contributed by atoms with Gasteiger partial charge in [-0.05, 0) is 37.3 Å². The molecule has 2 aliphatic rings. The van der Waals surface area contributed by atoms with E-state index in [-0.39, 0.29) is 24.2 Å². The van der Waals surface area contributed by atoms with E-state index < -0.39 is 5.60 Å². The van der Waals surface area contributed by atoms with E-state index in [2.05, 4.69) is 11.4 Å². The Labute approximate surface area is 137 Å². The van der Waals surface area contributed by atoms with Crippen LogP contribution in [0.1, 0.15) is 24.8 Å². The predicted molar refractivity (Wildman–Crippen MR) is 86.9 cm³/mol. The Morgan fingerprint density at radius 2 is 2.18 bits per heavy atom. The van der Waals surface area contributed by atoms with Crippen LogP contribution in [0.4, 0.5) is 0 Å². The van der Waals surface area contributed by atoms with Gasteiger partial charge in [0, 0.05) is 24.4 Å². The number of hydrogen-bond acceptors (Lipinski definition) is 4. The molecule has 120 valence electrons. The van der Waals surface area contributed by atoms with Gasteiger partial charge >= 0.3 is 0 Å². The highest BCUT2D eigenvalue weighted by atomic mass is 35.5. The number of para-hydroxylation sites is 1. The zero-order valence-corrected chi connectivity index (χ0v) is 13.6. The molecular weight excluding hydrogens is 300 g/mol. The van der Waals surface area contributed by atoms with Gasteiger partial charge in [-0.1, -0.05) is 18.2 Å². The molecule has 4 nitrogen and oxygen atoms in total. The summed E-state index contributed by atoms with van der Waals surface area (Å²) in [6.45, 7) is 1.77. The van der Waals surface area contributed by atoms with Gasteiger partial charge in [0.15, 0.2) is 0 Å². The summed E-state index contributed by atoms with van der Waals surface area (Å²) in [5, 5.41) is 23.9. The molecule has 1 saturated heterocycles. The first-order valence-electron chi connectivity index (χ1n) is 7.62. The van der Waals surface area contributed by atoms with Crippen molar-refractivity contribution in [1.29, 1.82) is 5.26 Å². The lowest BCUT2D eigenvalue weighted by atomic mass is 9.63. The van der Waals surface area contributed by atoms with Crippen molar-refractivity contribution in [3.63, 3.8) is 0 Å². The summed E-state index contributed by atoms with van der Waals surface area (Å²) in [5.74, 6) is 1.63. The molecule has 1 heterocycles. The zero-order valence-electron chi connectivity index (χ0n) is 12.8. The molecule has 0 aromatic heterocycles. The lowest BCUT2D eigenvalue weighted by molar-refractivity contribution is -0.0832. The highest BCUT2D eigenvalue weighted by molar-refractivity contribution is 5.85. The Bertz CT molecular complexity index is 560. The number of hydrogen-bond donors (Lipinski definition) is 2. The van der Waals surface area contributed by atoms with Crippen LogP contribution in [0.25, 0.3) is 0 Å². The van der Waals surface area contributed by atoms with Crippen LogP contribution in [-0.2, 0) is 5.60 Å². The summed E-state index contributed by atoms with van der Waals surface area (Å²) in [6.07, 6.45) is 2.19. The molecule has 1 saturated carbocycles. The quantitative estimate of drug-likeness (QED) is 0.897. The Hall–Kier alpha value is -1.28. The van der Waals surface area contributed by atoms with Crippen molar-refractivity contribution in [3.8, 4) is 11.8 Å². The molecule has 0 spiro atoms. The summed E-state index contributed by atoms with van der Waals surface area (Å²) in [5.41, 5.74) is -0.0329. The first-order chi connectivity index (χ1) is 10.2. The van der Waals surface area contributed by atoms with Gasteiger partial charge in [-0.3, -0.25) is 0 Å². The van der Waals surface area contributed by atoms with Crippen LogP contribution >= 0.6 is 12.4 Å². The fourth-order valence-corrected chi connectivity index (χ4v) is 4.24. The third-order valence-corrected chi connectivity index (χ3v) is 5.14. The number of nitrogens with one attached hydrogen (secondary N) is 1. The molecule has 2 N–H and O–H groups in total. The lowest BCUT2D eigenvalue weighted by Gasteiger charge is -2.45. The number of aliphatic hydroxyl groups is 1. The van der Waals surface area contributed by atoms with Crippen LogP contribution in [0.3, 0.4) is 0 Å². The molecule has 3 rings (SSSR count).